The van der Waals surface area contributed by atoms with Crippen molar-refractivity contribution in [2.45, 2.75) is 13.3 Å². The average molecular weight is 366 g/mol. The highest BCUT2D eigenvalue weighted by Gasteiger charge is 2.23. The van der Waals surface area contributed by atoms with Gasteiger partial charge in [0, 0.05) is 21.5 Å². The molecule has 0 aliphatic carbocycles. The molecule has 21 heavy (non-hydrogen) atoms. The summed E-state index contributed by atoms with van der Waals surface area (Å²) in [5.41, 5.74) is 2.00. The fraction of sp³-hybridized carbons (Fsp3) is 0.333. The molecule has 2 aromatic rings. The third-order valence-corrected chi connectivity index (χ3v) is 4.99. The number of hydrogen-bond acceptors (Lipinski definition) is 4. The molecular weight excluding hydrogens is 350 g/mol. The Bertz CT molecular complexity index is 647. The molecule has 1 saturated heterocycles. The lowest BCUT2D eigenvalue weighted by atomic mass is 10.1. The minimum Gasteiger partial charge on any atom is -0.316 e. The van der Waals surface area contributed by atoms with Crippen molar-refractivity contribution in [2.24, 2.45) is 5.92 Å². The van der Waals surface area contributed by atoms with Gasteiger partial charge < -0.3 is 10.6 Å². The van der Waals surface area contributed by atoms with E-state index in [0.29, 0.717) is 5.13 Å². The van der Waals surface area contributed by atoms with Crippen LogP contribution in [0.15, 0.2) is 28.7 Å². The summed E-state index contributed by atoms with van der Waals surface area (Å²) in [5.74, 6) is 0.126. The smallest absolute Gasteiger partial charge is 0.230 e. The number of aromatic nitrogens is 1. The molecule has 1 aromatic heterocycles. The van der Waals surface area contributed by atoms with Crippen LogP contribution >= 0.6 is 27.3 Å². The normalized spacial score (nSPS) is 17.9. The molecule has 1 amide bonds. The van der Waals surface area contributed by atoms with Gasteiger partial charge >= 0.3 is 0 Å². The zero-order valence-corrected chi connectivity index (χ0v) is 14.1. The van der Waals surface area contributed by atoms with E-state index in [1.54, 1.807) is 0 Å². The molecule has 3 rings (SSSR count). The number of thiazole rings is 1. The minimum atomic E-state index is 0.0605. The number of nitrogens with one attached hydrogen (secondary N) is 2. The van der Waals surface area contributed by atoms with E-state index in [9.17, 15) is 4.79 Å². The van der Waals surface area contributed by atoms with Crippen LogP contribution in [0.3, 0.4) is 0 Å². The van der Waals surface area contributed by atoms with E-state index in [2.05, 4.69) is 31.5 Å². The number of nitrogens with zero attached hydrogens (tertiary/aromatic N) is 1. The number of hydrogen-bond donors (Lipinski definition) is 2. The van der Waals surface area contributed by atoms with Crippen LogP contribution in [-0.4, -0.2) is 24.0 Å². The fourth-order valence-corrected chi connectivity index (χ4v) is 3.51. The number of carbonyl (C=O) groups excluding carboxylic acids is 1. The van der Waals surface area contributed by atoms with E-state index in [4.69, 9.17) is 0 Å². The van der Waals surface area contributed by atoms with Gasteiger partial charge in [0.2, 0.25) is 5.91 Å². The molecule has 4 nitrogen and oxygen atoms in total. The highest BCUT2D eigenvalue weighted by Crippen LogP contribution is 2.31. The molecule has 1 aromatic carbocycles. The molecule has 0 bridgehead atoms. The Hall–Kier alpha value is -1.24. The van der Waals surface area contributed by atoms with E-state index in [1.807, 2.05) is 31.2 Å². The van der Waals surface area contributed by atoms with Crippen LogP contribution in [0.5, 0.6) is 0 Å². The number of aryl methyl sites for hydroxylation is 1. The van der Waals surface area contributed by atoms with Crippen molar-refractivity contribution in [1.29, 1.82) is 0 Å². The molecule has 2 N–H and O–H groups in total. The van der Waals surface area contributed by atoms with Gasteiger partial charge in [0.15, 0.2) is 5.13 Å². The lowest BCUT2D eigenvalue weighted by molar-refractivity contribution is -0.119. The standard InChI is InChI=1S/C15H16BrN3OS/c1-9-13(10-2-4-12(16)5-3-10)18-15(21-9)19-14(20)11-6-7-17-8-11/h2-5,11,17H,6-8H2,1H3,(H,18,19,20). The van der Waals surface area contributed by atoms with Crippen LogP contribution in [0.2, 0.25) is 0 Å². The molecule has 110 valence electrons. The van der Waals surface area contributed by atoms with Crippen molar-refractivity contribution < 1.29 is 4.79 Å². The van der Waals surface area contributed by atoms with Gasteiger partial charge in [-0.15, -0.1) is 11.3 Å². The molecule has 1 unspecified atom stereocenters. The highest BCUT2D eigenvalue weighted by atomic mass is 79.9. The second-order valence-electron chi connectivity index (χ2n) is 5.11. The van der Waals surface area contributed by atoms with Gasteiger partial charge in [0.25, 0.3) is 0 Å². The minimum absolute atomic E-state index is 0.0605. The maximum absolute atomic E-state index is 12.1. The van der Waals surface area contributed by atoms with Crippen LogP contribution in [-0.2, 0) is 4.79 Å². The fourth-order valence-electron chi connectivity index (χ4n) is 2.41. The number of benzene rings is 1. The number of anilines is 1. The zero-order valence-electron chi connectivity index (χ0n) is 11.6. The number of amides is 1. The first-order valence-electron chi connectivity index (χ1n) is 6.88. The second-order valence-corrected chi connectivity index (χ2v) is 7.23. The molecule has 1 aliphatic rings. The zero-order chi connectivity index (χ0) is 14.8. The molecule has 0 spiro atoms. The molecule has 2 heterocycles. The summed E-state index contributed by atoms with van der Waals surface area (Å²) in [6, 6.07) is 8.05. The monoisotopic (exact) mass is 365 g/mol. The van der Waals surface area contributed by atoms with Gasteiger partial charge in [-0.2, -0.15) is 0 Å². The molecule has 1 aliphatic heterocycles. The lowest BCUT2D eigenvalue weighted by Crippen LogP contribution is -2.24. The van der Waals surface area contributed by atoms with Crippen molar-refractivity contribution in [2.75, 3.05) is 18.4 Å². The first-order chi connectivity index (χ1) is 10.1. The number of rotatable bonds is 3. The summed E-state index contributed by atoms with van der Waals surface area (Å²) in [5, 5.41) is 6.83. The summed E-state index contributed by atoms with van der Waals surface area (Å²) < 4.78 is 1.04. The Morgan fingerprint density at radius 3 is 2.86 bits per heavy atom. The van der Waals surface area contributed by atoms with Crippen LogP contribution in [0.4, 0.5) is 5.13 Å². The SMILES string of the molecule is Cc1sc(NC(=O)C2CCNC2)nc1-c1ccc(Br)cc1. The van der Waals surface area contributed by atoms with Crippen LogP contribution in [0, 0.1) is 12.8 Å². The van der Waals surface area contributed by atoms with E-state index in [1.165, 1.54) is 11.3 Å². The van der Waals surface area contributed by atoms with Crippen LogP contribution in [0.25, 0.3) is 11.3 Å². The predicted octanol–water partition coefficient (Wildman–Crippen LogP) is 3.43. The Balaban J connectivity index is 1.77. The van der Waals surface area contributed by atoms with Crippen molar-refractivity contribution >= 4 is 38.3 Å². The summed E-state index contributed by atoms with van der Waals surface area (Å²) in [4.78, 5) is 17.8. The van der Waals surface area contributed by atoms with Gasteiger partial charge in [-0.05, 0) is 32.0 Å². The Morgan fingerprint density at radius 1 is 1.43 bits per heavy atom. The molecule has 1 fully saturated rings. The predicted molar refractivity (Wildman–Crippen MR) is 89.6 cm³/mol. The van der Waals surface area contributed by atoms with Crippen molar-refractivity contribution in [3.63, 3.8) is 0 Å². The van der Waals surface area contributed by atoms with Crippen molar-refractivity contribution in [1.82, 2.24) is 10.3 Å². The Morgan fingerprint density at radius 2 is 2.19 bits per heavy atom. The summed E-state index contributed by atoms with van der Waals surface area (Å²) in [6.07, 6.45) is 0.899. The van der Waals surface area contributed by atoms with Gasteiger partial charge in [0.1, 0.15) is 0 Å². The van der Waals surface area contributed by atoms with Crippen molar-refractivity contribution in [3.05, 3.63) is 33.6 Å². The van der Waals surface area contributed by atoms with Gasteiger partial charge in [-0.3, -0.25) is 4.79 Å². The first kappa shape index (κ1) is 14.7. The third-order valence-electron chi connectivity index (χ3n) is 3.58. The molecule has 0 radical (unpaired) electrons. The van der Waals surface area contributed by atoms with Crippen LogP contribution < -0.4 is 10.6 Å². The first-order valence-corrected chi connectivity index (χ1v) is 8.49. The quantitative estimate of drug-likeness (QED) is 0.875. The van der Waals surface area contributed by atoms with Gasteiger partial charge in [-0.25, -0.2) is 4.98 Å². The molecule has 0 saturated carbocycles. The van der Waals surface area contributed by atoms with E-state index in [0.717, 1.165) is 40.1 Å². The Labute approximate surface area is 136 Å². The summed E-state index contributed by atoms with van der Waals surface area (Å²) in [7, 11) is 0. The van der Waals surface area contributed by atoms with Gasteiger partial charge in [-0.1, -0.05) is 28.1 Å². The topological polar surface area (TPSA) is 54.0 Å². The van der Waals surface area contributed by atoms with E-state index in [-0.39, 0.29) is 11.8 Å². The highest BCUT2D eigenvalue weighted by molar-refractivity contribution is 9.10. The largest absolute Gasteiger partial charge is 0.316 e. The third kappa shape index (κ3) is 3.33. The maximum Gasteiger partial charge on any atom is 0.230 e. The van der Waals surface area contributed by atoms with Gasteiger partial charge in [0.05, 0.1) is 11.6 Å². The summed E-state index contributed by atoms with van der Waals surface area (Å²) in [6.45, 7) is 3.71. The van der Waals surface area contributed by atoms with Crippen molar-refractivity contribution in [3.8, 4) is 11.3 Å². The second kappa shape index (κ2) is 6.25. The Kier molecular flexibility index (Phi) is 4.37. The maximum atomic E-state index is 12.1. The molecule has 6 heteroatoms. The van der Waals surface area contributed by atoms with Crippen LogP contribution in [0.1, 0.15) is 11.3 Å². The number of carbonyl (C=O) groups is 1. The molecular formula is C15H16BrN3OS. The lowest BCUT2D eigenvalue weighted by Gasteiger charge is -2.06. The summed E-state index contributed by atoms with van der Waals surface area (Å²) >= 11 is 4.96. The molecule has 1 atom stereocenters. The van der Waals surface area contributed by atoms with E-state index < -0.39 is 0 Å². The van der Waals surface area contributed by atoms with E-state index >= 15 is 0 Å². The average Bonchev–Trinajstić information content (AvgIpc) is 3.10. The number of halogens is 1.